The van der Waals surface area contributed by atoms with E-state index in [0.29, 0.717) is 6.10 Å². The van der Waals surface area contributed by atoms with Gasteiger partial charge in [-0.05, 0) is 25.7 Å². The van der Waals surface area contributed by atoms with E-state index in [1.165, 1.54) is 38.5 Å². The first-order valence-electron chi connectivity index (χ1n) is 6.82. The predicted molar refractivity (Wildman–Crippen MR) is 64.5 cm³/mol. The molecule has 1 aliphatic carbocycles. The Morgan fingerprint density at radius 3 is 2.44 bits per heavy atom. The van der Waals surface area contributed by atoms with Crippen molar-refractivity contribution in [2.45, 2.75) is 63.0 Å². The Bertz CT molecular complexity index is 194. The molecule has 1 unspecified atom stereocenters. The van der Waals surface area contributed by atoms with Crippen LogP contribution in [0.4, 0.5) is 0 Å². The van der Waals surface area contributed by atoms with Crippen LogP contribution in [0.2, 0.25) is 0 Å². The second kappa shape index (κ2) is 5.99. The first kappa shape index (κ1) is 12.3. The fourth-order valence-corrected chi connectivity index (χ4v) is 2.93. The Kier molecular flexibility index (Phi) is 4.62. The van der Waals surface area contributed by atoms with Gasteiger partial charge in [-0.15, -0.1) is 0 Å². The van der Waals surface area contributed by atoms with Crippen LogP contribution >= 0.6 is 0 Å². The van der Waals surface area contributed by atoms with Crippen LogP contribution < -0.4 is 5.32 Å². The predicted octanol–water partition coefficient (Wildman–Crippen LogP) is 1.84. The van der Waals surface area contributed by atoms with Crippen molar-refractivity contribution < 1.29 is 9.84 Å². The summed E-state index contributed by atoms with van der Waals surface area (Å²) in [6.07, 6.45) is 10.1. The highest BCUT2D eigenvalue weighted by Gasteiger charge is 2.30. The second-order valence-electron chi connectivity index (χ2n) is 5.37. The lowest BCUT2D eigenvalue weighted by Gasteiger charge is -2.33. The summed E-state index contributed by atoms with van der Waals surface area (Å²) < 4.78 is 5.62. The van der Waals surface area contributed by atoms with Crippen LogP contribution in [-0.2, 0) is 4.74 Å². The summed E-state index contributed by atoms with van der Waals surface area (Å²) >= 11 is 0. The van der Waals surface area contributed by atoms with E-state index in [1.54, 1.807) is 0 Å². The summed E-state index contributed by atoms with van der Waals surface area (Å²) in [5.41, 5.74) is -0.0115. The molecule has 16 heavy (non-hydrogen) atoms. The van der Waals surface area contributed by atoms with Gasteiger partial charge in [0.1, 0.15) is 0 Å². The van der Waals surface area contributed by atoms with Crippen molar-refractivity contribution in [2.75, 3.05) is 19.8 Å². The molecular formula is C13H25NO2. The molecule has 1 aliphatic heterocycles. The van der Waals surface area contributed by atoms with E-state index < -0.39 is 0 Å². The van der Waals surface area contributed by atoms with E-state index in [0.717, 1.165) is 26.0 Å². The van der Waals surface area contributed by atoms with Gasteiger partial charge in [0.2, 0.25) is 0 Å². The number of hydrogen-bond donors (Lipinski definition) is 2. The topological polar surface area (TPSA) is 41.5 Å². The molecule has 0 aromatic heterocycles. The minimum Gasteiger partial charge on any atom is -0.394 e. The first-order valence-corrected chi connectivity index (χ1v) is 6.82. The third kappa shape index (κ3) is 3.19. The standard InChI is InChI=1S/C13H25NO2/c15-11-13(7-3-1-2-4-8-13)14-10-12-6-5-9-16-12/h12,14-15H,1-11H2. The van der Waals surface area contributed by atoms with Gasteiger partial charge in [0.05, 0.1) is 12.7 Å². The highest BCUT2D eigenvalue weighted by atomic mass is 16.5. The molecule has 0 aromatic carbocycles. The van der Waals surface area contributed by atoms with E-state index in [9.17, 15) is 5.11 Å². The average molecular weight is 227 g/mol. The molecule has 2 aliphatic rings. The number of aliphatic hydroxyl groups is 1. The first-order chi connectivity index (χ1) is 7.85. The molecule has 3 heteroatoms. The highest BCUT2D eigenvalue weighted by molar-refractivity contribution is 4.90. The second-order valence-corrected chi connectivity index (χ2v) is 5.37. The molecule has 1 heterocycles. The molecular weight excluding hydrogens is 202 g/mol. The van der Waals surface area contributed by atoms with Gasteiger partial charge in [-0.25, -0.2) is 0 Å². The fourth-order valence-electron chi connectivity index (χ4n) is 2.93. The molecule has 2 N–H and O–H groups in total. The summed E-state index contributed by atoms with van der Waals surface area (Å²) in [6.45, 7) is 2.11. The molecule has 2 fully saturated rings. The van der Waals surface area contributed by atoms with Crippen LogP contribution in [0.1, 0.15) is 51.4 Å². The number of ether oxygens (including phenoxy) is 1. The molecule has 0 spiro atoms. The Balaban J connectivity index is 1.81. The molecule has 1 saturated heterocycles. The van der Waals surface area contributed by atoms with Gasteiger partial charge in [0, 0.05) is 18.7 Å². The molecule has 0 bridgehead atoms. The zero-order valence-electron chi connectivity index (χ0n) is 10.2. The van der Waals surface area contributed by atoms with E-state index in [-0.39, 0.29) is 12.1 Å². The quantitative estimate of drug-likeness (QED) is 0.720. The molecule has 3 nitrogen and oxygen atoms in total. The Labute approximate surface area is 98.6 Å². The molecule has 1 saturated carbocycles. The minimum absolute atomic E-state index is 0.0115. The third-order valence-corrected chi connectivity index (χ3v) is 4.09. The lowest BCUT2D eigenvalue weighted by Crippen LogP contribution is -2.50. The molecule has 0 aromatic rings. The van der Waals surface area contributed by atoms with E-state index in [1.807, 2.05) is 0 Å². The zero-order chi connectivity index (χ0) is 11.3. The van der Waals surface area contributed by atoms with Gasteiger partial charge in [-0.1, -0.05) is 25.7 Å². The molecule has 0 radical (unpaired) electrons. The number of rotatable bonds is 4. The van der Waals surface area contributed by atoms with E-state index >= 15 is 0 Å². The maximum Gasteiger partial charge on any atom is 0.0700 e. The maximum absolute atomic E-state index is 9.64. The number of hydrogen-bond acceptors (Lipinski definition) is 3. The summed E-state index contributed by atoms with van der Waals surface area (Å²) in [5.74, 6) is 0. The summed E-state index contributed by atoms with van der Waals surface area (Å²) in [4.78, 5) is 0. The largest absolute Gasteiger partial charge is 0.394 e. The van der Waals surface area contributed by atoms with Crippen molar-refractivity contribution in [3.05, 3.63) is 0 Å². The average Bonchev–Trinajstić information content (AvgIpc) is 2.72. The van der Waals surface area contributed by atoms with Crippen LogP contribution in [0.5, 0.6) is 0 Å². The lowest BCUT2D eigenvalue weighted by molar-refractivity contribution is 0.0827. The van der Waals surface area contributed by atoms with Crippen molar-refractivity contribution in [3.63, 3.8) is 0 Å². The molecule has 2 rings (SSSR count). The third-order valence-electron chi connectivity index (χ3n) is 4.09. The lowest BCUT2D eigenvalue weighted by atomic mass is 9.91. The number of aliphatic hydroxyl groups excluding tert-OH is 1. The normalized spacial score (nSPS) is 30.2. The van der Waals surface area contributed by atoms with Gasteiger partial charge >= 0.3 is 0 Å². The van der Waals surface area contributed by atoms with Crippen LogP contribution in [0.3, 0.4) is 0 Å². The Morgan fingerprint density at radius 1 is 1.12 bits per heavy atom. The van der Waals surface area contributed by atoms with Crippen molar-refractivity contribution >= 4 is 0 Å². The van der Waals surface area contributed by atoms with Crippen LogP contribution in [0.15, 0.2) is 0 Å². The van der Waals surface area contributed by atoms with Crippen LogP contribution in [0, 0.1) is 0 Å². The zero-order valence-corrected chi connectivity index (χ0v) is 10.2. The van der Waals surface area contributed by atoms with Crippen molar-refractivity contribution in [3.8, 4) is 0 Å². The minimum atomic E-state index is -0.0115. The van der Waals surface area contributed by atoms with Crippen molar-refractivity contribution in [2.24, 2.45) is 0 Å². The molecule has 1 atom stereocenters. The van der Waals surface area contributed by atoms with Crippen LogP contribution in [-0.4, -0.2) is 36.5 Å². The van der Waals surface area contributed by atoms with Crippen LogP contribution in [0.25, 0.3) is 0 Å². The number of nitrogens with one attached hydrogen (secondary N) is 1. The smallest absolute Gasteiger partial charge is 0.0700 e. The van der Waals surface area contributed by atoms with Crippen molar-refractivity contribution in [1.29, 1.82) is 0 Å². The maximum atomic E-state index is 9.64. The molecule has 94 valence electrons. The Morgan fingerprint density at radius 2 is 1.88 bits per heavy atom. The fraction of sp³-hybridized carbons (Fsp3) is 1.00. The summed E-state index contributed by atoms with van der Waals surface area (Å²) in [7, 11) is 0. The van der Waals surface area contributed by atoms with E-state index in [4.69, 9.17) is 4.74 Å². The monoisotopic (exact) mass is 227 g/mol. The van der Waals surface area contributed by atoms with Gasteiger partial charge in [-0.3, -0.25) is 0 Å². The van der Waals surface area contributed by atoms with Gasteiger partial charge in [0.25, 0.3) is 0 Å². The SMILES string of the molecule is OCC1(NCC2CCCO2)CCCCCC1. The van der Waals surface area contributed by atoms with Gasteiger partial charge in [0.15, 0.2) is 0 Å². The molecule has 0 amide bonds. The van der Waals surface area contributed by atoms with Gasteiger partial charge < -0.3 is 15.2 Å². The highest BCUT2D eigenvalue weighted by Crippen LogP contribution is 2.27. The van der Waals surface area contributed by atoms with Gasteiger partial charge in [-0.2, -0.15) is 0 Å². The van der Waals surface area contributed by atoms with Crippen molar-refractivity contribution in [1.82, 2.24) is 5.32 Å². The Hall–Kier alpha value is -0.120. The summed E-state index contributed by atoms with van der Waals surface area (Å²) in [6, 6.07) is 0. The summed E-state index contributed by atoms with van der Waals surface area (Å²) in [5, 5.41) is 13.2. The van der Waals surface area contributed by atoms with E-state index in [2.05, 4.69) is 5.32 Å².